The van der Waals surface area contributed by atoms with Crippen molar-refractivity contribution in [2.45, 2.75) is 66.6 Å². The molecule has 0 aromatic heterocycles. The summed E-state index contributed by atoms with van der Waals surface area (Å²) >= 11 is 0. The lowest BCUT2D eigenvalue weighted by Crippen LogP contribution is -2.58. The topological polar surface area (TPSA) is 52.6 Å². The molecule has 19 heavy (non-hydrogen) atoms. The van der Waals surface area contributed by atoms with Crippen molar-refractivity contribution in [3.05, 3.63) is 0 Å². The third-order valence-corrected chi connectivity index (χ3v) is 3.47. The van der Waals surface area contributed by atoms with Crippen LogP contribution in [0.1, 0.15) is 54.9 Å². The maximum absolute atomic E-state index is 12.0. The van der Waals surface area contributed by atoms with Crippen molar-refractivity contribution in [2.75, 3.05) is 0 Å². The molecule has 1 unspecified atom stereocenters. The van der Waals surface area contributed by atoms with Crippen LogP contribution in [0.2, 0.25) is 0 Å². The predicted molar refractivity (Wildman–Crippen MR) is 72.5 cm³/mol. The SMILES string of the molecule is CC(C)[C@@H]1OC(=O)C1(C)C[C@H](C)C(=O)OC(C)(C)C. The Morgan fingerprint density at radius 3 is 2.26 bits per heavy atom. The number of carbonyl (C=O) groups excluding carboxylic acids is 2. The van der Waals surface area contributed by atoms with Crippen LogP contribution in [0.5, 0.6) is 0 Å². The summed E-state index contributed by atoms with van der Waals surface area (Å²) in [6.45, 7) is 13.3. The highest BCUT2D eigenvalue weighted by atomic mass is 16.6. The minimum Gasteiger partial charge on any atom is -0.460 e. The van der Waals surface area contributed by atoms with Gasteiger partial charge < -0.3 is 9.47 Å². The summed E-state index contributed by atoms with van der Waals surface area (Å²) in [6, 6.07) is 0. The first-order valence-electron chi connectivity index (χ1n) is 6.91. The molecule has 0 saturated carbocycles. The van der Waals surface area contributed by atoms with E-state index in [1.165, 1.54) is 0 Å². The molecule has 0 aromatic carbocycles. The summed E-state index contributed by atoms with van der Waals surface area (Å²) in [5.41, 5.74) is -1.06. The quantitative estimate of drug-likeness (QED) is 0.737. The van der Waals surface area contributed by atoms with Crippen LogP contribution < -0.4 is 0 Å². The van der Waals surface area contributed by atoms with E-state index in [4.69, 9.17) is 9.47 Å². The van der Waals surface area contributed by atoms with Gasteiger partial charge in [0, 0.05) is 0 Å². The van der Waals surface area contributed by atoms with E-state index in [0.29, 0.717) is 6.42 Å². The van der Waals surface area contributed by atoms with Gasteiger partial charge in [-0.25, -0.2) is 0 Å². The highest BCUT2D eigenvalue weighted by Crippen LogP contribution is 2.45. The number of esters is 2. The van der Waals surface area contributed by atoms with Crippen molar-refractivity contribution >= 4 is 11.9 Å². The smallest absolute Gasteiger partial charge is 0.315 e. The molecule has 0 radical (unpaired) electrons. The monoisotopic (exact) mass is 270 g/mol. The molecule has 4 heteroatoms. The minimum absolute atomic E-state index is 0.107. The van der Waals surface area contributed by atoms with Gasteiger partial charge in [-0.1, -0.05) is 20.8 Å². The zero-order chi connectivity index (χ0) is 15.0. The van der Waals surface area contributed by atoms with Crippen molar-refractivity contribution in [2.24, 2.45) is 17.3 Å². The Kier molecular flexibility index (Phi) is 4.33. The van der Waals surface area contributed by atoms with Crippen molar-refractivity contribution in [3.8, 4) is 0 Å². The number of ether oxygens (including phenoxy) is 2. The third-order valence-electron chi connectivity index (χ3n) is 3.47. The van der Waals surface area contributed by atoms with Crippen LogP contribution in [-0.4, -0.2) is 23.6 Å². The molecule has 0 aromatic rings. The maximum atomic E-state index is 12.0. The third kappa shape index (κ3) is 3.48. The molecule has 1 heterocycles. The van der Waals surface area contributed by atoms with Gasteiger partial charge in [0.25, 0.3) is 0 Å². The van der Waals surface area contributed by atoms with Gasteiger partial charge >= 0.3 is 11.9 Å². The highest BCUT2D eigenvalue weighted by Gasteiger charge is 2.56. The number of cyclic esters (lactones) is 1. The zero-order valence-corrected chi connectivity index (χ0v) is 13.1. The van der Waals surface area contributed by atoms with Gasteiger partial charge in [0.2, 0.25) is 0 Å². The fourth-order valence-corrected chi connectivity index (χ4v) is 2.63. The van der Waals surface area contributed by atoms with Gasteiger partial charge in [-0.3, -0.25) is 9.59 Å². The predicted octanol–water partition coefficient (Wildman–Crippen LogP) is 2.94. The second-order valence-electron chi connectivity index (χ2n) is 7.13. The summed E-state index contributed by atoms with van der Waals surface area (Å²) in [6.07, 6.45) is 0.369. The number of hydrogen-bond donors (Lipinski definition) is 0. The Balaban J connectivity index is 2.68. The highest BCUT2D eigenvalue weighted by molar-refractivity contribution is 5.84. The summed E-state index contributed by atoms with van der Waals surface area (Å²) in [4.78, 5) is 23.7. The number of hydrogen-bond acceptors (Lipinski definition) is 4. The molecule has 1 fully saturated rings. The average Bonchev–Trinajstić information content (AvgIpc) is 2.22. The van der Waals surface area contributed by atoms with Gasteiger partial charge in [-0.05, 0) is 40.0 Å². The first-order valence-corrected chi connectivity index (χ1v) is 6.91. The van der Waals surface area contributed by atoms with E-state index in [9.17, 15) is 9.59 Å². The maximum Gasteiger partial charge on any atom is 0.315 e. The lowest BCUT2D eigenvalue weighted by atomic mass is 9.69. The first-order chi connectivity index (χ1) is 8.47. The van der Waals surface area contributed by atoms with Crippen LogP contribution in [0.4, 0.5) is 0 Å². The van der Waals surface area contributed by atoms with E-state index in [-0.39, 0.29) is 29.9 Å². The molecule has 3 atom stereocenters. The molecule has 0 amide bonds. The molecular formula is C15H26O4. The Bertz CT molecular complexity index is 367. The lowest BCUT2D eigenvalue weighted by Gasteiger charge is -2.47. The molecule has 110 valence electrons. The van der Waals surface area contributed by atoms with Gasteiger partial charge in [-0.15, -0.1) is 0 Å². The Hall–Kier alpha value is -1.06. The van der Waals surface area contributed by atoms with Crippen molar-refractivity contribution < 1.29 is 19.1 Å². The van der Waals surface area contributed by atoms with Gasteiger partial charge in [-0.2, -0.15) is 0 Å². The number of rotatable bonds is 4. The molecule has 1 rings (SSSR count). The first kappa shape index (κ1) is 16.0. The Morgan fingerprint density at radius 2 is 1.89 bits per heavy atom. The summed E-state index contributed by atoms with van der Waals surface area (Å²) in [7, 11) is 0. The fourth-order valence-electron chi connectivity index (χ4n) is 2.63. The molecule has 4 nitrogen and oxygen atoms in total. The Morgan fingerprint density at radius 1 is 1.37 bits per heavy atom. The molecule has 1 aliphatic rings. The molecule has 1 aliphatic heterocycles. The van der Waals surface area contributed by atoms with E-state index in [1.807, 2.05) is 48.5 Å². The van der Waals surface area contributed by atoms with E-state index < -0.39 is 11.0 Å². The second-order valence-corrected chi connectivity index (χ2v) is 7.13. The Labute approximate surface area is 115 Å². The van der Waals surface area contributed by atoms with E-state index in [1.54, 1.807) is 0 Å². The second kappa shape index (κ2) is 5.14. The van der Waals surface area contributed by atoms with E-state index in [2.05, 4.69) is 0 Å². The van der Waals surface area contributed by atoms with E-state index in [0.717, 1.165) is 0 Å². The molecular weight excluding hydrogens is 244 g/mol. The van der Waals surface area contributed by atoms with E-state index >= 15 is 0 Å². The summed E-state index contributed by atoms with van der Waals surface area (Å²) in [5, 5.41) is 0. The average molecular weight is 270 g/mol. The van der Waals surface area contributed by atoms with Crippen LogP contribution in [0.15, 0.2) is 0 Å². The van der Waals surface area contributed by atoms with Crippen LogP contribution in [0, 0.1) is 17.3 Å². The van der Waals surface area contributed by atoms with Gasteiger partial charge in [0.1, 0.15) is 17.1 Å². The van der Waals surface area contributed by atoms with Crippen LogP contribution in [0.25, 0.3) is 0 Å². The standard InChI is InChI=1S/C15H26O4/c1-9(2)11-15(7,13(17)18-11)8-10(3)12(16)19-14(4,5)6/h9-11H,8H2,1-7H3/t10-,11-,15?/m0/s1. The number of carbonyl (C=O) groups is 2. The lowest BCUT2D eigenvalue weighted by molar-refractivity contribution is -0.215. The molecule has 0 N–H and O–H groups in total. The zero-order valence-electron chi connectivity index (χ0n) is 13.1. The van der Waals surface area contributed by atoms with Gasteiger partial charge in [0.15, 0.2) is 0 Å². The largest absolute Gasteiger partial charge is 0.460 e. The van der Waals surface area contributed by atoms with Crippen molar-refractivity contribution in [1.82, 2.24) is 0 Å². The van der Waals surface area contributed by atoms with Crippen molar-refractivity contribution in [1.29, 1.82) is 0 Å². The normalized spacial score (nSPS) is 28.6. The van der Waals surface area contributed by atoms with Crippen LogP contribution in [-0.2, 0) is 19.1 Å². The summed E-state index contributed by atoms with van der Waals surface area (Å²) < 4.78 is 10.6. The molecule has 0 aliphatic carbocycles. The van der Waals surface area contributed by atoms with Crippen LogP contribution >= 0.6 is 0 Å². The molecule has 0 spiro atoms. The fraction of sp³-hybridized carbons (Fsp3) is 0.867. The van der Waals surface area contributed by atoms with Gasteiger partial charge in [0.05, 0.1) is 5.92 Å². The molecule has 0 bridgehead atoms. The summed E-state index contributed by atoms with van der Waals surface area (Å²) in [5.74, 6) is -0.510. The van der Waals surface area contributed by atoms with Crippen LogP contribution in [0.3, 0.4) is 0 Å². The van der Waals surface area contributed by atoms with Crippen molar-refractivity contribution in [3.63, 3.8) is 0 Å². The molecule has 1 saturated heterocycles. The minimum atomic E-state index is -0.565.